The summed E-state index contributed by atoms with van der Waals surface area (Å²) in [6.07, 6.45) is 0.984. The van der Waals surface area contributed by atoms with Crippen LogP contribution in [0.4, 0.5) is 0 Å². The maximum Gasteiger partial charge on any atom is 0.268 e. The molecule has 2 heterocycles. The van der Waals surface area contributed by atoms with Crippen LogP contribution in [0, 0.1) is 0 Å². The number of benzene rings is 2. The molecule has 1 unspecified atom stereocenters. The Morgan fingerprint density at radius 1 is 1.29 bits per heavy atom. The molecule has 2 N–H and O–H groups in total. The van der Waals surface area contributed by atoms with Crippen molar-refractivity contribution in [3.8, 4) is 11.5 Å². The average molecular weight is 378 g/mol. The van der Waals surface area contributed by atoms with Crippen LogP contribution < -0.4 is 20.3 Å². The van der Waals surface area contributed by atoms with Gasteiger partial charge in [0, 0.05) is 29.5 Å². The molecule has 1 aliphatic rings. The minimum Gasteiger partial charge on any atom is -0.494 e. The van der Waals surface area contributed by atoms with Crippen molar-refractivity contribution in [3.05, 3.63) is 69.6 Å². The molecule has 6 heteroatoms. The SMILES string of the molecule is CCOc1cc2c(cc1CNC(=O)c1cc3ccccc3c(=O)[nH]1)OC(C)C2. The molecule has 1 atom stereocenters. The number of ether oxygens (including phenoxy) is 2. The molecule has 6 nitrogen and oxygen atoms in total. The van der Waals surface area contributed by atoms with Crippen LogP contribution in [0.3, 0.4) is 0 Å². The lowest BCUT2D eigenvalue weighted by Crippen LogP contribution is -2.26. The van der Waals surface area contributed by atoms with E-state index in [0.717, 1.165) is 34.4 Å². The van der Waals surface area contributed by atoms with Crippen LogP contribution in [-0.4, -0.2) is 23.6 Å². The molecule has 4 rings (SSSR count). The third kappa shape index (κ3) is 3.45. The van der Waals surface area contributed by atoms with E-state index in [4.69, 9.17) is 9.47 Å². The van der Waals surface area contributed by atoms with Gasteiger partial charge in [-0.1, -0.05) is 18.2 Å². The summed E-state index contributed by atoms with van der Waals surface area (Å²) in [5.74, 6) is 1.23. The van der Waals surface area contributed by atoms with Gasteiger partial charge in [0.25, 0.3) is 11.5 Å². The number of hydrogen-bond acceptors (Lipinski definition) is 4. The van der Waals surface area contributed by atoms with Gasteiger partial charge in [-0.2, -0.15) is 0 Å². The van der Waals surface area contributed by atoms with E-state index < -0.39 is 0 Å². The van der Waals surface area contributed by atoms with Crippen LogP contribution >= 0.6 is 0 Å². The number of carbonyl (C=O) groups is 1. The maximum atomic E-state index is 12.6. The number of nitrogens with one attached hydrogen (secondary N) is 2. The van der Waals surface area contributed by atoms with Crippen LogP contribution in [0.2, 0.25) is 0 Å². The predicted molar refractivity (Wildman–Crippen MR) is 107 cm³/mol. The lowest BCUT2D eigenvalue weighted by molar-refractivity contribution is 0.0945. The van der Waals surface area contributed by atoms with Crippen molar-refractivity contribution < 1.29 is 14.3 Å². The number of rotatable bonds is 5. The number of aromatic nitrogens is 1. The van der Waals surface area contributed by atoms with Crippen LogP contribution in [0.25, 0.3) is 10.8 Å². The molecule has 144 valence electrons. The summed E-state index contributed by atoms with van der Waals surface area (Å²) in [5.41, 5.74) is 1.90. The highest BCUT2D eigenvalue weighted by molar-refractivity contribution is 5.96. The van der Waals surface area contributed by atoms with Gasteiger partial charge in [0.2, 0.25) is 0 Å². The molecular formula is C22H22N2O4. The summed E-state index contributed by atoms with van der Waals surface area (Å²) in [4.78, 5) is 27.5. The fraction of sp³-hybridized carbons (Fsp3) is 0.273. The molecule has 3 aromatic rings. The average Bonchev–Trinajstić information content (AvgIpc) is 3.05. The van der Waals surface area contributed by atoms with Gasteiger partial charge in [-0.25, -0.2) is 0 Å². The standard InChI is InChI=1S/C22H22N2O4/c1-3-27-19-10-15-8-13(2)28-20(15)11-16(19)12-23-22(26)18-9-14-6-4-5-7-17(14)21(25)24-18/h4-7,9-11,13H,3,8,12H2,1-2H3,(H,23,26)(H,24,25). The van der Waals surface area contributed by atoms with Crippen LogP contribution in [0.15, 0.2) is 47.3 Å². The van der Waals surface area contributed by atoms with Crippen molar-refractivity contribution in [2.45, 2.75) is 32.9 Å². The van der Waals surface area contributed by atoms with Gasteiger partial charge in [0.1, 0.15) is 23.3 Å². The lowest BCUT2D eigenvalue weighted by Gasteiger charge is -2.13. The zero-order valence-corrected chi connectivity index (χ0v) is 15.9. The molecular weight excluding hydrogens is 356 g/mol. The van der Waals surface area contributed by atoms with Gasteiger partial charge < -0.3 is 19.8 Å². The van der Waals surface area contributed by atoms with E-state index in [2.05, 4.69) is 10.3 Å². The Morgan fingerprint density at radius 2 is 2.11 bits per heavy atom. The second-order valence-corrected chi connectivity index (χ2v) is 6.92. The summed E-state index contributed by atoms with van der Waals surface area (Å²) in [5, 5.41) is 4.15. The summed E-state index contributed by atoms with van der Waals surface area (Å²) >= 11 is 0. The summed E-state index contributed by atoms with van der Waals surface area (Å²) in [7, 11) is 0. The smallest absolute Gasteiger partial charge is 0.268 e. The molecule has 0 spiro atoms. The van der Waals surface area contributed by atoms with Gasteiger partial charge in [0.05, 0.1) is 6.61 Å². The number of hydrogen-bond donors (Lipinski definition) is 2. The fourth-order valence-corrected chi connectivity index (χ4v) is 3.51. The molecule has 1 aliphatic heterocycles. The minimum absolute atomic E-state index is 0.136. The molecule has 2 aromatic carbocycles. The summed E-state index contributed by atoms with van der Waals surface area (Å²) < 4.78 is 11.6. The van der Waals surface area contributed by atoms with Crippen LogP contribution in [0.5, 0.6) is 11.5 Å². The van der Waals surface area contributed by atoms with Crippen molar-refractivity contribution in [1.82, 2.24) is 10.3 Å². The van der Waals surface area contributed by atoms with Crippen molar-refractivity contribution in [2.75, 3.05) is 6.61 Å². The van der Waals surface area contributed by atoms with Crippen LogP contribution in [0.1, 0.15) is 35.5 Å². The van der Waals surface area contributed by atoms with Crippen molar-refractivity contribution >= 4 is 16.7 Å². The molecule has 0 bridgehead atoms. The zero-order chi connectivity index (χ0) is 19.7. The Morgan fingerprint density at radius 3 is 2.93 bits per heavy atom. The van der Waals surface area contributed by atoms with E-state index in [9.17, 15) is 9.59 Å². The summed E-state index contributed by atoms with van der Waals surface area (Å²) in [6.45, 7) is 4.76. The minimum atomic E-state index is -0.347. The molecule has 0 radical (unpaired) electrons. The van der Waals surface area contributed by atoms with E-state index >= 15 is 0 Å². The molecule has 0 saturated heterocycles. The molecule has 28 heavy (non-hydrogen) atoms. The number of amides is 1. The van der Waals surface area contributed by atoms with E-state index in [1.54, 1.807) is 18.2 Å². The third-order valence-corrected chi connectivity index (χ3v) is 4.82. The van der Waals surface area contributed by atoms with Gasteiger partial charge in [-0.15, -0.1) is 0 Å². The quantitative estimate of drug-likeness (QED) is 0.715. The molecule has 0 aliphatic carbocycles. The number of fused-ring (bicyclic) bond motifs is 2. The lowest BCUT2D eigenvalue weighted by atomic mass is 10.1. The third-order valence-electron chi connectivity index (χ3n) is 4.82. The Hall–Kier alpha value is -3.28. The number of aromatic amines is 1. The highest BCUT2D eigenvalue weighted by Crippen LogP contribution is 2.35. The Labute approximate surface area is 162 Å². The second kappa shape index (κ2) is 7.38. The molecule has 1 aromatic heterocycles. The first-order valence-corrected chi connectivity index (χ1v) is 9.40. The van der Waals surface area contributed by atoms with Gasteiger partial charge >= 0.3 is 0 Å². The Kier molecular flexibility index (Phi) is 4.77. The first kappa shape index (κ1) is 18.1. The Balaban J connectivity index is 1.57. The number of pyridine rings is 1. The largest absolute Gasteiger partial charge is 0.494 e. The van der Waals surface area contributed by atoms with Crippen molar-refractivity contribution in [1.29, 1.82) is 0 Å². The topological polar surface area (TPSA) is 80.4 Å². The second-order valence-electron chi connectivity index (χ2n) is 6.92. The maximum absolute atomic E-state index is 12.6. The van der Waals surface area contributed by atoms with E-state index in [1.807, 2.05) is 38.1 Å². The number of carbonyl (C=O) groups excluding carboxylic acids is 1. The molecule has 1 amide bonds. The van der Waals surface area contributed by atoms with Gasteiger partial charge in [0.15, 0.2) is 0 Å². The monoisotopic (exact) mass is 378 g/mol. The van der Waals surface area contributed by atoms with Crippen molar-refractivity contribution in [2.24, 2.45) is 0 Å². The zero-order valence-electron chi connectivity index (χ0n) is 15.9. The highest BCUT2D eigenvalue weighted by Gasteiger charge is 2.22. The molecule has 0 fully saturated rings. The molecule has 0 saturated carbocycles. The first-order chi connectivity index (χ1) is 13.5. The number of H-pyrrole nitrogens is 1. The van der Waals surface area contributed by atoms with E-state index in [1.165, 1.54) is 0 Å². The van der Waals surface area contributed by atoms with Gasteiger partial charge in [-0.05, 0) is 43.5 Å². The Bertz CT molecular complexity index is 1100. The van der Waals surface area contributed by atoms with Gasteiger partial charge in [-0.3, -0.25) is 9.59 Å². The summed E-state index contributed by atoms with van der Waals surface area (Å²) in [6, 6.07) is 12.8. The van der Waals surface area contributed by atoms with E-state index in [-0.39, 0.29) is 29.8 Å². The highest BCUT2D eigenvalue weighted by atomic mass is 16.5. The van der Waals surface area contributed by atoms with Crippen molar-refractivity contribution in [3.63, 3.8) is 0 Å². The van der Waals surface area contributed by atoms with E-state index in [0.29, 0.717) is 12.0 Å². The predicted octanol–water partition coefficient (Wildman–Crippen LogP) is 3.18. The normalized spacial score (nSPS) is 15.1. The first-order valence-electron chi connectivity index (χ1n) is 9.40. The van der Waals surface area contributed by atoms with Crippen LogP contribution in [-0.2, 0) is 13.0 Å². The fourth-order valence-electron chi connectivity index (χ4n) is 3.51.